The lowest BCUT2D eigenvalue weighted by Gasteiger charge is -2.24. The summed E-state index contributed by atoms with van der Waals surface area (Å²) in [6.07, 6.45) is 0.605. The Morgan fingerprint density at radius 1 is 1.11 bits per heavy atom. The fourth-order valence-electron chi connectivity index (χ4n) is 3.36. The Kier molecular flexibility index (Phi) is 4.80. The molecule has 2 aromatic carbocycles. The standard InChI is InChI=1S/C20H21N3O3S/c1-15(20-21-19(22-26-20)13-16-7-3-2-4-8-16)23-11-12-27(24,25)18-10-6-5-9-17(18)14-23/h2-10,15H,11-14H2,1H3. The van der Waals surface area contributed by atoms with E-state index >= 15 is 0 Å². The van der Waals surface area contributed by atoms with Gasteiger partial charge in [-0.05, 0) is 24.1 Å². The Bertz CT molecular complexity index is 1030. The molecule has 0 aliphatic carbocycles. The van der Waals surface area contributed by atoms with E-state index in [1.807, 2.05) is 49.4 Å². The number of aromatic nitrogens is 2. The van der Waals surface area contributed by atoms with Gasteiger partial charge < -0.3 is 4.52 Å². The van der Waals surface area contributed by atoms with E-state index in [0.717, 1.165) is 11.1 Å². The number of hydrogen-bond acceptors (Lipinski definition) is 6. The molecule has 0 saturated heterocycles. The first-order valence-corrected chi connectivity index (χ1v) is 10.6. The minimum atomic E-state index is -3.27. The second-order valence-corrected chi connectivity index (χ2v) is 8.86. The van der Waals surface area contributed by atoms with Crippen LogP contribution in [-0.4, -0.2) is 35.8 Å². The lowest BCUT2D eigenvalue weighted by molar-refractivity contribution is 0.175. The molecule has 0 radical (unpaired) electrons. The maximum Gasteiger partial charge on any atom is 0.243 e. The van der Waals surface area contributed by atoms with Crippen LogP contribution in [0.5, 0.6) is 0 Å². The van der Waals surface area contributed by atoms with Crippen molar-refractivity contribution in [3.8, 4) is 0 Å². The lowest BCUT2D eigenvalue weighted by atomic mass is 10.1. The fourth-order valence-corrected chi connectivity index (χ4v) is 4.87. The van der Waals surface area contributed by atoms with Gasteiger partial charge in [-0.1, -0.05) is 53.7 Å². The predicted octanol–water partition coefficient (Wildman–Crippen LogP) is 3.01. The quantitative estimate of drug-likeness (QED) is 0.689. The van der Waals surface area contributed by atoms with Gasteiger partial charge in [0.2, 0.25) is 5.89 Å². The highest BCUT2D eigenvalue weighted by atomic mass is 32.2. The third-order valence-corrected chi connectivity index (χ3v) is 6.71. The van der Waals surface area contributed by atoms with E-state index in [-0.39, 0.29) is 11.8 Å². The Balaban J connectivity index is 1.54. The van der Waals surface area contributed by atoms with Gasteiger partial charge in [-0.2, -0.15) is 4.98 Å². The number of sulfone groups is 1. The number of rotatable bonds is 4. The van der Waals surface area contributed by atoms with Gasteiger partial charge >= 0.3 is 0 Å². The first-order chi connectivity index (χ1) is 13.0. The average Bonchev–Trinajstić information content (AvgIpc) is 3.08. The normalized spacial score (nSPS) is 17.8. The summed E-state index contributed by atoms with van der Waals surface area (Å²) in [5, 5.41) is 4.09. The molecular formula is C20H21N3O3S. The monoisotopic (exact) mass is 383 g/mol. The van der Waals surface area contributed by atoms with Gasteiger partial charge in [0, 0.05) is 19.5 Å². The molecule has 0 amide bonds. The lowest BCUT2D eigenvalue weighted by Crippen LogP contribution is -2.29. The zero-order chi connectivity index (χ0) is 18.9. The van der Waals surface area contributed by atoms with Crippen LogP contribution < -0.4 is 0 Å². The second kappa shape index (κ2) is 7.25. The van der Waals surface area contributed by atoms with Gasteiger partial charge in [0.05, 0.1) is 16.7 Å². The van der Waals surface area contributed by atoms with Crippen LogP contribution in [0.15, 0.2) is 64.0 Å². The van der Waals surface area contributed by atoms with E-state index in [9.17, 15) is 8.42 Å². The highest BCUT2D eigenvalue weighted by molar-refractivity contribution is 7.91. The molecule has 6 nitrogen and oxygen atoms in total. The van der Waals surface area contributed by atoms with Crippen molar-refractivity contribution in [1.29, 1.82) is 0 Å². The van der Waals surface area contributed by atoms with Gasteiger partial charge in [-0.15, -0.1) is 0 Å². The van der Waals surface area contributed by atoms with Crippen molar-refractivity contribution < 1.29 is 12.9 Å². The molecule has 140 valence electrons. The molecule has 1 unspecified atom stereocenters. The van der Waals surface area contributed by atoms with Crippen molar-refractivity contribution in [3.63, 3.8) is 0 Å². The smallest absolute Gasteiger partial charge is 0.243 e. The molecule has 1 aromatic heterocycles. The van der Waals surface area contributed by atoms with Gasteiger partial charge in [-0.25, -0.2) is 8.42 Å². The summed E-state index contributed by atoms with van der Waals surface area (Å²) >= 11 is 0. The van der Waals surface area contributed by atoms with Crippen LogP contribution in [0.25, 0.3) is 0 Å². The van der Waals surface area contributed by atoms with Crippen LogP contribution >= 0.6 is 0 Å². The summed E-state index contributed by atoms with van der Waals surface area (Å²) in [5.41, 5.74) is 1.93. The Hall–Kier alpha value is -2.51. The van der Waals surface area contributed by atoms with E-state index in [0.29, 0.717) is 36.1 Å². The van der Waals surface area contributed by atoms with E-state index < -0.39 is 9.84 Å². The van der Waals surface area contributed by atoms with Crippen molar-refractivity contribution in [1.82, 2.24) is 15.0 Å². The van der Waals surface area contributed by atoms with Crippen molar-refractivity contribution in [3.05, 3.63) is 77.4 Å². The molecule has 0 N–H and O–H groups in total. The molecule has 1 atom stereocenters. The van der Waals surface area contributed by atoms with Crippen LogP contribution in [0.2, 0.25) is 0 Å². The molecular weight excluding hydrogens is 362 g/mol. The molecule has 4 rings (SSSR count). The highest BCUT2D eigenvalue weighted by Crippen LogP contribution is 2.28. The molecule has 0 spiro atoms. The number of fused-ring (bicyclic) bond motifs is 1. The molecule has 0 saturated carbocycles. The molecule has 3 aromatic rings. The predicted molar refractivity (Wildman–Crippen MR) is 101 cm³/mol. The minimum absolute atomic E-state index is 0.0827. The third kappa shape index (κ3) is 3.79. The van der Waals surface area contributed by atoms with Gasteiger partial charge in [-0.3, -0.25) is 4.90 Å². The first kappa shape index (κ1) is 17.9. The zero-order valence-electron chi connectivity index (χ0n) is 15.1. The van der Waals surface area contributed by atoms with Crippen LogP contribution in [0.4, 0.5) is 0 Å². The maximum absolute atomic E-state index is 12.5. The Labute approximate surface area is 158 Å². The summed E-state index contributed by atoms with van der Waals surface area (Å²) in [6, 6.07) is 17.0. The Morgan fingerprint density at radius 2 is 1.85 bits per heavy atom. The second-order valence-electron chi connectivity index (χ2n) is 6.78. The summed E-state index contributed by atoms with van der Waals surface area (Å²) in [4.78, 5) is 7.03. The summed E-state index contributed by atoms with van der Waals surface area (Å²) in [5.74, 6) is 1.22. The van der Waals surface area contributed by atoms with Crippen molar-refractivity contribution in [2.24, 2.45) is 0 Å². The zero-order valence-corrected chi connectivity index (χ0v) is 15.9. The van der Waals surface area contributed by atoms with Gasteiger partial charge in [0.15, 0.2) is 15.7 Å². The van der Waals surface area contributed by atoms with E-state index in [2.05, 4.69) is 15.0 Å². The number of hydrogen-bond donors (Lipinski definition) is 0. The van der Waals surface area contributed by atoms with E-state index in [1.54, 1.807) is 12.1 Å². The van der Waals surface area contributed by atoms with Gasteiger partial charge in [0.25, 0.3) is 0 Å². The molecule has 0 fully saturated rings. The van der Waals surface area contributed by atoms with Crippen molar-refractivity contribution in [2.75, 3.05) is 12.3 Å². The molecule has 27 heavy (non-hydrogen) atoms. The van der Waals surface area contributed by atoms with Crippen LogP contribution in [0.1, 0.15) is 35.8 Å². The number of nitrogens with zero attached hydrogens (tertiary/aromatic N) is 3. The molecule has 2 heterocycles. The first-order valence-electron chi connectivity index (χ1n) is 8.94. The Morgan fingerprint density at radius 3 is 2.67 bits per heavy atom. The van der Waals surface area contributed by atoms with Gasteiger partial charge in [0.1, 0.15) is 0 Å². The summed E-state index contributed by atoms with van der Waals surface area (Å²) in [7, 11) is -3.27. The highest BCUT2D eigenvalue weighted by Gasteiger charge is 2.29. The SMILES string of the molecule is CC(c1nc(Cc2ccccc2)no1)N1CCS(=O)(=O)c2ccccc2C1. The van der Waals surface area contributed by atoms with Crippen LogP contribution in [0, 0.1) is 0 Å². The van der Waals surface area contributed by atoms with Crippen LogP contribution in [0.3, 0.4) is 0 Å². The minimum Gasteiger partial charge on any atom is -0.338 e. The topological polar surface area (TPSA) is 76.3 Å². The van der Waals surface area contributed by atoms with Crippen LogP contribution in [-0.2, 0) is 22.8 Å². The van der Waals surface area contributed by atoms with E-state index in [1.165, 1.54) is 0 Å². The molecule has 7 heteroatoms. The third-order valence-electron chi connectivity index (χ3n) is 4.92. The summed E-state index contributed by atoms with van der Waals surface area (Å²) < 4.78 is 30.5. The number of benzene rings is 2. The van der Waals surface area contributed by atoms with E-state index in [4.69, 9.17) is 4.52 Å². The fraction of sp³-hybridized carbons (Fsp3) is 0.300. The summed E-state index contributed by atoms with van der Waals surface area (Å²) in [6.45, 7) is 2.93. The molecule has 1 aliphatic rings. The van der Waals surface area contributed by atoms with Crippen molar-refractivity contribution in [2.45, 2.75) is 30.8 Å². The maximum atomic E-state index is 12.5. The molecule has 0 bridgehead atoms. The van der Waals surface area contributed by atoms with Crippen molar-refractivity contribution >= 4 is 9.84 Å². The largest absolute Gasteiger partial charge is 0.338 e. The molecule has 1 aliphatic heterocycles. The average molecular weight is 383 g/mol.